The van der Waals surface area contributed by atoms with E-state index in [1.54, 1.807) is 25.3 Å². The lowest BCUT2D eigenvalue weighted by molar-refractivity contribution is -0.143. The number of phenols is 1. The zero-order valence-electron chi connectivity index (χ0n) is 21.1. The molecule has 5 unspecified atom stereocenters. The monoisotopic (exact) mass is 540 g/mol. The fourth-order valence-electron chi connectivity index (χ4n) is 3.28. The van der Waals surface area contributed by atoms with Crippen LogP contribution in [-0.4, -0.2) is 81.2 Å². The van der Waals surface area contributed by atoms with Crippen molar-refractivity contribution in [2.24, 2.45) is 11.7 Å². The lowest BCUT2D eigenvalue weighted by atomic mass is 9.98. The molecule has 0 aliphatic heterocycles. The molecule has 1 aromatic rings. The molecule has 5 atom stereocenters. The number of aromatic hydroxyl groups is 1. The summed E-state index contributed by atoms with van der Waals surface area (Å²) in [4.78, 5) is 61.6. The lowest BCUT2D eigenvalue weighted by Crippen LogP contribution is -2.58. The normalized spacial score (nSPS) is 14.9. The maximum Gasteiger partial charge on any atom is 0.326 e. The van der Waals surface area contributed by atoms with Crippen molar-refractivity contribution in [3.8, 4) is 5.75 Å². The third kappa shape index (κ3) is 11.1. The number of nitrogens with two attached hydrogens (primary N) is 1. The number of nitrogens with one attached hydrogen (secondary N) is 3. The Morgan fingerprint density at radius 1 is 0.919 bits per heavy atom. The third-order valence-corrected chi connectivity index (χ3v) is 6.45. The Morgan fingerprint density at radius 3 is 1.97 bits per heavy atom. The zero-order chi connectivity index (χ0) is 28.1. The SMILES string of the molecule is CCC(C)C(N)C(=O)NC(Cc1ccc(O)cc1)C(=O)NC(CC(=O)O)C(=O)NC(CCSC)C(=O)O. The zero-order valence-corrected chi connectivity index (χ0v) is 21.9. The van der Waals surface area contributed by atoms with E-state index in [4.69, 9.17) is 5.73 Å². The molecule has 0 saturated carbocycles. The maximum absolute atomic E-state index is 13.2. The van der Waals surface area contributed by atoms with Gasteiger partial charge in [-0.25, -0.2) is 4.79 Å². The minimum Gasteiger partial charge on any atom is -0.508 e. The summed E-state index contributed by atoms with van der Waals surface area (Å²) in [5, 5.41) is 35.4. The van der Waals surface area contributed by atoms with Crippen molar-refractivity contribution in [3.05, 3.63) is 29.8 Å². The van der Waals surface area contributed by atoms with Crippen molar-refractivity contribution in [2.45, 2.75) is 63.7 Å². The Hall–Kier alpha value is -3.32. The van der Waals surface area contributed by atoms with E-state index in [1.165, 1.54) is 23.9 Å². The molecule has 0 heterocycles. The second-order valence-corrected chi connectivity index (χ2v) is 9.67. The predicted octanol–water partition coefficient (Wildman–Crippen LogP) is 0.0749. The summed E-state index contributed by atoms with van der Waals surface area (Å²) >= 11 is 1.38. The van der Waals surface area contributed by atoms with E-state index in [2.05, 4.69) is 16.0 Å². The Balaban J connectivity index is 3.15. The van der Waals surface area contributed by atoms with Gasteiger partial charge in [-0.1, -0.05) is 32.4 Å². The van der Waals surface area contributed by atoms with Crippen LogP contribution in [0.5, 0.6) is 5.75 Å². The Labute approximate surface area is 219 Å². The molecular formula is C24H36N4O8S. The van der Waals surface area contributed by atoms with E-state index in [9.17, 15) is 39.3 Å². The van der Waals surface area contributed by atoms with Gasteiger partial charge in [0.1, 0.15) is 23.9 Å². The summed E-state index contributed by atoms with van der Waals surface area (Å²) < 4.78 is 0. The minimum absolute atomic E-state index is 0.000214. The maximum atomic E-state index is 13.2. The van der Waals surface area contributed by atoms with Crippen molar-refractivity contribution < 1.29 is 39.3 Å². The summed E-state index contributed by atoms with van der Waals surface area (Å²) in [6.45, 7) is 3.64. The fourth-order valence-corrected chi connectivity index (χ4v) is 3.75. The van der Waals surface area contributed by atoms with Gasteiger partial charge in [0.25, 0.3) is 0 Å². The van der Waals surface area contributed by atoms with Gasteiger partial charge in [-0.05, 0) is 42.0 Å². The van der Waals surface area contributed by atoms with Gasteiger partial charge in [-0.3, -0.25) is 19.2 Å². The summed E-state index contributed by atoms with van der Waals surface area (Å²) in [5.41, 5.74) is 6.56. The molecule has 0 fully saturated rings. The van der Waals surface area contributed by atoms with Crippen molar-refractivity contribution in [1.82, 2.24) is 16.0 Å². The van der Waals surface area contributed by atoms with Crippen LogP contribution in [0.2, 0.25) is 0 Å². The molecule has 206 valence electrons. The highest BCUT2D eigenvalue weighted by Crippen LogP contribution is 2.13. The van der Waals surface area contributed by atoms with Gasteiger partial charge in [0.15, 0.2) is 0 Å². The van der Waals surface area contributed by atoms with E-state index in [1.807, 2.05) is 6.92 Å². The van der Waals surface area contributed by atoms with E-state index in [0.717, 1.165) is 0 Å². The molecule has 12 nitrogen and oxygen atoms in total. The number of rotatable bonds is 16. The molecule has 3 amide bonds. The van der Waals surface area contributed by atoms with Gasteiger partial charge in [0, 0.05) is 6.42 Å². The molecule has 37 heavy (non-hydrogen) atoms. The van der Waals surface area contributed by atoms with Gasteiger partial charge in [-0.15, -0.1) is 0 Å². The highest BCUT2D eigenvalue weighted by molar-refractivity contribution is 7.98. The second kappa shape index (κ2) is 15.7. The fraction of sp³-hybridized carbons (Fsp3) is 0.542. The number of phenolic OH excluding ortho intramolecular Hbond substituents is 1. The molecule has 0 aliphatic rings. The quantitative estimate of drug-likeness (QED) is 0.150. The molecule has 0 spiro atoms. The van der Waals surface area contributed by atoms with Gasteiger partial charge >= 0.3 is 11.9 Å². The molecule has 13 heteroatoms. The summed E-state index contributed by atoms with van der Waals surface area (Å²) in [7, 11) is 0. The lowest BCUT2D eigenvalue weighted by Gasteiger charge is -2.25. The highest BCUT2D eigenvalue weighted by atomic mass is 32.2. The number of carbonyl (C=O) groups is 5. The minimum atomic E-state index is -1.59. The van der Waals surface area contributed by atoms with Gasteiger partial charge < -0.3 is 37.0 Å². The summed E-state index contributed by atoms with van der Waals surface area (Å²) in [6, 6.07) is 0.880. The van der Waals surface area contributed by atoms with Gasteiger partial charge in [0.05, 0.1) is 12.5 Å². The molecule has 0 bridgehead atoms. The number of benzene rings is 1. The van der Waals surface area contributed by atoms with E-state index < -0.39 is 60.2 Å². The second-order valence-electron chi connectivity index (χ2n) is 8.68. The highest BCUT2D eigenvalue weighted by Gasteiger charge is 2.32. The molecule has 1 aromatic carbocycles. The number of thioether (sulfide) groups is 1. The van der Waals surface area contributed by atoms with E-state index in [0.29, 0.717) is 17.7 Å². The number of carboxylic acids is 2. The van der Waals surface area contributed by atoms with Crippen molar-refractivity contribution in [3.63, 3.8) is 0 Å². The van der Waals surface area contributed by atoms with Gasteiger partial charge in [0.2, 0.25) is 17.7 Å². The van der Waals surface area contributed by atoms with Crippen LogP contribution in [0.4, 0.5) is 0 Å². The number of carboxylic acid groups (broad SMARTS) is 2. The molecular weight excluding hydrogens is 504 g/mol. The first-order valence-corrected chi connectivity index (χ1v) is 13.2. The van der Waals surface area contributed by atoms with Crippen molar-refractivity contribution in [1.29, 1.82) is 0 Å². The van der Waals surface area contributed by atoms with Gasteiger partial charge in [-0.2, -0.15) is 11.8 Å². The average Bonchev–Trinajstić information content (AvgIpc) is 2.85. The van der Waals surface area contributed by atoms with Crippen LogP contribution in [-0.2, 0) is 30.4 Å². The first-order chi connectivity index (χ1) is 17.4. The Morgan fingerprint density at radius 2 is 1.46 bits per heavy atom. The number of hydrogen-bond acceptors (Lipinski definition) is 8. The molecule has 1 rings (SSSR count). The van der Waals surface area contributed by atoms with Crippen LogP contribution in [0.1, 0.15) is 38.7 Å². The summed E-state index contributed by atoms with van der Waals surface area (Å²) in [6.07, 6.45) is 1.63. The summed E-state index contributed by atoms with van der Waals surface area (Å²) in [5.74, 6) is -4.86. The third-order valence-electron chi connectivity index (χ3n) is 5.81. The number of hydrogen-bond donors (Lipinski definition) is 7. The van der Waals surface area contributed by atoms with Crippen LogP contribution >= 0.6 is 11.8 Å². The molecule has 0 saturated heterocycles. The largest absolute Gasteiger partial charge is 0.508 e. The molecule has 0 aliphatic carbocycles. The number of amides is 3. The first-order valence-electron chi connectivity index (χ1n) is 11.8. The van der Waals surface area contributed by atoms with E-state index in [-0.39, 0.29) is 24.5 Å². The van der Waals surface area contributed by atoms with E-state index >= 15 is 0 Å². The van der Waals surface area contributed by atoms with Crippen molar-refractivity contribution in [2.75, 3.05) is 12.0 Å². The number of aliphatic carboxylic acids is 2. The molecule has 0 radical (unpaired) electrons. The van der Waals surface area contributed by atoms with Crippen LogP contribution in [0.3, 0.4) is 0 Å². The molecule has 0 aromatic heterocycles. The Kier molecular flexibility index (Phi) is 13.5. The topological polar surface area (TPSA) is 208 Å². The average molecular weight is 541 g/mol. The predicted molar refractivity (Wildman–Crippen MR) is 138 cm³/mol. The standard InChI is InChI=1S/C24H36N4O8S/c1-4-13(2)20(25)23(34)28-17(11-14-5-7-15(29)8-6-14)21(32)27-18(12-19(30)31)22(33)26-16(24(35)36)9-10-37-3/h5-8,13,16-18,20,29H,4,9-12,25H2,1-3H3,(H,26,33)(H,27,32)(H,28,34)(H,30,31)(H,35,36). The number of carbonyl (C=O) groups excluding carboxylic acids is 3. The molecule has 8 N–H and O–H groups in total. The van der Waals surface area contributed by atoms with Crippen LogP contribution in [0.15, 0.2) is 24.3 Å². The van der Waals surface area contributed by atoms with Crippen LogP contribution in [0.25, 0.3) is 0 Å². The first kappa shape index (κ1) is 31.7. The van der Waals surface area contributed by atoms with Crippen molar-refractivity contribution >= 4 is 41.4 Å². The van der Waals surface area contributed by atoms with Crippen LogP contribution < -0.4 is 21.7 Å². The smallest absolute Gasteiger partial charge is 0.326 e. The van der Waals surface area contributed by atoms with Crippen LogP contribution in [0, 0.1) is 5.92 Å². The Bertz CT molecular complexity index is 943.